The first-order valence-electron chi connectivity index (χ1n) is 6.07. The van der Waals surface area contributed by atoms with E-state index in [9.17, 15) is 4.79 Å². The van der Waals surface area contributed by atoms with Crippen molar-refractivity contribution in [3.8, 4) is 0 Å². The molecule has 1 saturated heterocycles. The van der Waals surface area contributed by atoms with Crippen LogP contribution in [0, 0.1) is 6.92 Å². The molecule has 1 aromatic rings. The predicted octanol–water partition coefficient (Wildman–Crippen LogP) is 1.30. The molecule has 1 aliphatic heterocycles. The molecule has 4 heteroatoms. The van der Waals surface area contributed by atoms with Gasteiger partial charge in [-0.2, -0.15) is 0 Å². The van der Waals surface area contributed by atoms with Crippen molar-refractivity contribution in [1.82, 2.24) is 5.01 Å². The summed E-state index contributed by atoms with van der Waals surface area (Å²) in [5, 5.41) is 3.88. The number of nitrogens with two attached hydrogens (primary N) is 1. The standard InChI is InChI=1S/C13H19N3O/c1-11-4-2-5-12(10-11)16-13(17)6-9-15(16)8-3-7-14/h2,4-5,10H,3,6-9,14H2,1H3. The van der Waals surface area contributed by atoms with Crippen molar-refractivity contribution in [2.24, 2.45) is 5.73 Å². The molecule has 1 amide bonds. The Morgan fingerprint density at radius 1 is 1.41 bits per heavy atom. The van der Waals surface area contributed by atoms with Gasteiger partial charge in [-0.3, -0.25) is 4.79 Å². The fraction of sp³-hybridized carbons (Fsp3) is 0.462. The zero-order valence-electron chi connectivity index (χ0n) is 10.2. The van der Waals surface area contributed by atoms with E-state index < -0.39 is 0 Å². The first kappa shape index (κ1) is 12.1. The summed E-state index contributed by atoms with van der Waals surface area (Å²) < 4.78 is 0. The summed E-state index contributed by atoms with van der Waals surface area (Å²) in [7, 11) is 0. The molecule has 1 aromatic carbocycles. The van der Waals surface area contributed by atoms with Crippen molar-refractivity contribution in [2.75, 3.05) is 24.6 Å². The van der Waals surface area contributed by atoms with Gasteiger partial charge in [0.1, 0.15) is 0 Å². The van der Waals surface area contributed by atoms with Crippen molar-refractivity contribution in [3.63, 3.8) is 0 Å². The molecule has 17 heavy (non-hydrogen) atoms. The summed E-state index contributed by atoms with van der Waals surface area (Å²) in [6, 6.07) is 8.04. The Morgan fingerprint density at radius 2 is 2.24 bits per heavy atom. The van der Waals surface area contributed by atoms with Crippen LogP contribution in [0.1, 0.15) is 18.4 Å². The lowest BCUT2D eigenvalue weighted by molar-refractivity contribution is -0.118. The Labute approximate surface area is 102 Å². The van der Waals surface area contributed by atoms with E-state index in [0.29, 0.717) is 13.0 Å². The molecule has 92 valence electrons. The third-order valence-electron chi connectivity index (χ3n) is 2.97. The van der Waals surface area contributed by atoms with Crippen LogP contribution in [0.15, 0.2) is 24.3 Å². The molecule has 0 atom stereocenters. The zero-order chi connectivity index (χ0) is 12.3. The molecule has 1 heterocycles. The van der Waals surface area contributed by atoms with Crippen molar-refractivity contribution in [1.29, 1.82) is 0 Å². The molecule has 0 unspecified atom stereocenters. The maximum Gasteiger partial charge on any atom is 0.242 e. The van der Waals surface area contributed by atoms with Crippen LogP contribution in [0.2, 0.25) is 0 Å². The number of hydrazine groups is 1. The van der Waals surface area contributed by atoms with Gasteiger partial charge in [-0.25, -0.2) is 10.0 Å². The van der Waals surface area contributed by atoms with E-state index in [-0.39, 0.29) is 5.91 Å². The quantitative estimate of drug-likeness (QED) is 0.852. The number of rotatable bonds is 4. The van der Waals surface area contributed by atoms with Crippen molar-refractivity contribution in [3.05, 3.63) is 29.8 Å². The van der Waals surface area contributed by atoms with Gasteiger partial charge in [-0.05, 0) is 37.6 Å². The minimum absolute atomic E-state index is 0.174. The molecule has 2 rings (SSSR count). The summed E-state index contributed by atoms with van der Waals surface area (Å²) in [4.78, 5) is 11.9. The highest BCUT2D eigenvalue weighted by Crippen LogP contribution is 2.23. The summed E-state index contributed by atoms with van der Waals surface area (Å²) >= 11 is 0. The lowest BCUT2D eigenvalue weighted by Gasteiger charge is -2.28. The number of nitrogens with zero attached hydrogens (tertiary/aromatic N) is 2. The van der Waals surface area contributed by atoms with Gasteiger partial charge in [-0.15, -0.1) is 0 Å². The SMILES string of the molecule is Cc1cccc(N2C(=O)CCN2CCCN)c1. The van der Waals surface area contributed by atoms with E-state index in [1.54, 1.807) is 5.01 Å². The third kappa shape index (κ3) is 2.65. The first-order chi connectivity index (χ1) is 8.22. The second-order valence-corrected chi connectivity index (χ2v) is 4.39. The largest absolute Gasteiger partial charge is 0.330 e. The third-order valence-corrected chi connectivity index (χ3v) is 2.97. The van der Waals surface area contributed by atoms with Gasteiger partial charge >= 0.3 is 0 Å². The van der Waals surface area contributed by atoms with E-state index in [0.717, 1.165) is 25.2 Å². The van der Waals surface area contributed by atoms with E-state index in [1.807, 2.05) is 31.2 Å². The number of hydrogen-bond donors (Lipinski definition) is 1. The number of anilines is 1. The van der Waals surface area contributed by atoms with Crippen molar-refractivity contribution >= 4 is 11.6 Å². The van der Waals surface area contributed by atoms with Crippen LogP contribution in [0.25, 0.3) is 0 Å². The number of hydrogen-bond acceptors (Lipinski definition) is 3. The predicted molar refractivity (Wildman–Crippen MR) is 68.5 cm³/mol. The Bertz CT molecular complexity index is 405. The van der Waals surface area contributed by atoms with Crippen LogP contribution in [-0.2, 0) is 4.79 Å². The minimum Gasteiger partial charge on any atom is -0.330 e. The fourth-order valence-electron chi connectivity index (χ4n) is 2.14. The Hall–Kier alpha value is -1.39. The summed E-state index contributed by atoms with van der Waals surface area (Å²) in [6.45, 7) is 4.34. The van der Waals surface area contributed by atoms with Gasteiger partial charge in [-0.1, -0.05) is 12.1 Å². The van der Waals surface area contributed by atoms with Crippen LogP contribution in [0.3, 0.4) is 0 Å². The van der Waals surface area contributed by atoms with Crippen LogP contribution >= 0.6 is 0 Å². The second kappa shape index (κ2) is 5.29. The highest BCUT2D eigenvalue weighted by molar-refractivity contribution is 5.94. The molecule has 2 N–H and O–H groups in total. The lowest BCUT2D eigenvalue weighted by atomic mass is 10.2. The smallest absolute Gasteiger partial charge is 0.242 e. The molecule has 0 aromatic heterocycles. The number of aryl methyl sites for hydroxylation is 1. The Balaban J connectivity index is 2.18. The normalized spacial score (nSPS) is 16.8. The maximum atomic E-state index is 11.9. The number of carbonyl (C=O) groups excluding carboxylic acids is 1. The Kier molecular flexibility index (Phi) is 3.76. The maximum absolute atomic E-state index is 11.9. The number of benzene rings is 1. The van der Waals surface area contributed by atoms with Crippen LogP contribution in [0.4, 0.5) is 5.69 Å². The average molecular weight is 233 g/mol. The molecule has 1 fully saturated rings. The van der Waals surface area contributed by atoms with Gasteiger partial charge < -0.3 is 5.73 Å². The molecule has 0 saturated carbocycles. The minimum atomic E-state index is 0.174. The summed E-state index contributed by atoms with van der Waals surface area (Å²) in [5.74, 6) is 0.174. The molecule has 0 bridgehead atoms. The van der Waals surface area contributed by atoms with Gasteiger partial charge in [0.15, 0.2) is 0 Å². The molecular formula is C13H19N3O. The second-order valence-electron chi connectivity index (χ2n) is 4.39. The van der Waals surface area contributed by atoms with E-state index in [4.69, 9.17) is 5.73 Å². The summed E-state index contributed by atoms with van der Waals surface area (Å²) in [6.07, 6.45) is 1.51. The number of amides is 1. The first-order valence-corrected chi connectivity index (χ1v) is 6.07. The van der Waals surface area contributed by atoms with Crippen LogP contribution < -0.4 is 10.7 Å². The van der Waals surface area contributed by atoms with Crippen LogP contribution in [0.5, 0.6) is 0 Å². The lowest BCUT2D eigenvalue weighted by Crippen LogP contribution is -2.40. The average Bonchev–Trinajstić information content (AvgIpc) is 2.68. The highest BCUT2D eigenvalue weighted by Gasteiger charge is 2.29. The van der Waals surface area contributed by atoms with Gasteiger partial charge in [0.05, 0.1) is 5.69 Å². The van der Waals surface area contributed by atoms with Crippen molar-refractivity contribution < 1.29 is 4.79 Å². The molecule has 0 spiro atoms. The summed E-state index contributed by atoms with van der Waals surface area (Å²) in [5.41, 5.74) is 7.65. The van der Waals surface area contributed by atoms with E-state index >= 15 is 0 Å². The van der Waals surface area contributed by atoms with Crippen LogP contribution in [-0.4, -0.2) is 30.6 Å². The van der Waals surface area contributed by atoms with Gasteiger partial charge in [0.2, 0.25) is 5.91 Å². The van der Waals surface area contributed by atoms with Crippen molar-refractivity contribution in [2.45, 2.75) is 19.8 Å². The topological polar surface area (TPSA) is 49.6 Å². The molecule has 4 nitrogen and oxygen atoms in total. The number of carbonyl (C=O) groups is 1. The van der Waals surface area contributed by atoms with E-state index in [1.165, 1.54) is 5.56 Å². The zero-order valence-corrected chi connectivity index (χ0v) is 10.2. The van der Waals surface area contributed by atoms with E-state index in [2.05, 4.69) is 5.01 Å². The Morgan fingerprint density at radius 3 is 2.94 bits per heavy atom. The molecule has 0 radical (unpaired) electrons. The van der Waals surface area contributed by atoms with Gasteiger partial charge in [0.25, 0.3) is 0 Å². The van der Waals surface area contributed by atoms with Gasteiger partial charge in [0, 0.05) is 19.5 Å². The highest BCUT2D eigenvalue weighted by atomic mass is 16.2. The molecule has 1 aliphatic rings. The fourth-order valence-corrected chi connectivity index (χ4v) is 2.14. The molecule has 0 aliphatic carbocycles. The molecular weight excluding hydrogens is 214 g/mol. The monoisotopic (exact) mass is 233 g/mol.